The number of para-hydroxylation sites is 1. The summed E-state index contributed by atoms with van der Waals surface area (Å²) in [5, 5.41) is 21.6. The van der Waals surface area contributed by atoms with Gasteiger partial charge < -0.3 is 10.2 Å². The van der Waals surface area contributed by atoms with Crippen LogP contribution in [0.25, 0.3) is 10.9 Å². The Morgan fingerprint density at radius 2 is 1.93 bits per heavy atom. The van der Waals surface area contributed by atoms with Crippen molar-refractivity contribution in [2.45, 2.75) is 43.9 Å². The van der Waals surface area contributed by atoms with Crippen molar-refractivity contribution in [2.75, 3.05) is 13.1 Å². The summed E-state index contributed by atoms with van der Waals surface area (Å²) in [5.41, 5.74) is 5.58. The van der Waals surface area contributed by atoms with Gasteiger partial charge in [0.15, 0.2) is 5.69 Å². The maximum Gasteiger partial charge on any atom is 0.164 e. The summed E-state index contributed by atoms with van der Waals surface area (Å²) < 4.78 is 0. The second-order valence-corrected chi connectivity index (χ2v) is 8.60. The van der Waals surface area contributed by atoms with Gasteiger partial charge in [0.2, 0.25) is 0 Å². The molecule has 2 aromatic carbocycles. The summed E-state index contributed by atoms with van der Waals surface area (Å²) in [7, 11) is 0. The summed E-state index contributed by atoms with van der Waals surface area (Å²) in [6.45, 7) is 2.09. The molecule has 6 heteroatoms. The first-order chi connectivity index (χ1) is 14.2. The Bertz CT molecular complexity index is 1060. The van der Waals surface area contributed by atoms with Gasteiger partial charge in [-0.2, -0.15) is 5.23 Å². The average Bonchev–Trinajstić information content (AvgIpc) is 3.29. The summed E-state index contributed by atoms with van der Waals surface area (Å²) >= 11 is 0. The summed E-state index contributed by atoms with van der Waals surface area (Å²) in [6, 6.07) is 17.0. The topological polar surface area (TPSA) is 70.0 Å². The number of fused-ring (bicyclic) bond motifs is 7. The molecule has 3 aliphatic heterocycles. The number of nitrogens with one attached hydrogen (secondary N) is 2. The van der Waals surface area contributed by atoms with E-state index >= 15 is 0 Å². The van der Waals surface area contributed by atoms with Gasteiger partial charge >= 0.3 is 0 Å². The first-order valence-electron chi connectivity index (χ1n) is 10.7. The van der Waals surface area contributed by atoms with Crippen LogP contribution in [0.1, 0.15) is 48.3 Å². The fourth-order valence-electron chi connectivity index (χ4n) is 6.00. The van der Waals surface area contributed by atoms with Gasteiger partial charge in [0.05, 0.1) is 12.2 Å². The Labute approximate surface area is 169 Å². The first kappa shape index (κ1) is 17.6. The number of benzene rings is 2. The highest BCUT2D eigenvalue weighted by Crippen LogP contribution is 2.51. The van der Waals surface area contributed by atoms with Gasteiger partial charge in [-0.05, 0) is 36.5 Å². The molecule has 3 aromatic rings. The second kappa shape index (κ2) is 6.65. The van der Waals surface area contributed by atoms with E-state index in [-0.39, 0.29) is 6.17 Å². The van der Waals surface area contributed by atoms with Crippen LogP contribution in [0.2, 0.25) is 0 Å². The zero-order valence-corrected chi connectivity index (χ0v) is 16.3. The van der Waals surface area contributed by atoms with Crippen LogP contribution in [0, 0.1) is 5.21 Å². The zero-order chi connectivity index (χ0) is 19.5. The molecular weight excluding hydrogens is 364 g/mol. The third-order valence-electron chi connectivity index (χ3n) is 7.14. The van der Waals surface area contributed by atoms with Crippen molar-refractivity contribution >= 4 is 16.6 Å². The van der Waals surface area contributed by atoms with E-state index in [2.05, 4.69) is 45.1 Å². The Morgan fingerprint density at radius 1 is 1.03 bits per heavy atom. The lowest BCUT2D eigenvalue weighted by atomic mass is 9.90. The molecule has 6 nitrogen and oxygen atoms in total. The number of piperidine rings is 1. The number of nitrogens with zero attached hydrogens (tertiary/aromatic N) is 2. The van der Waals surface area contributed by atoms with E-state index in [4.69, 9.17) is 0 Å². The second-order valence-electron chi connectivity index (χ2n) is 8.60. The molecule has 2 saturated heterocycles. The molecule has 0 bridgehead atoms. The van der Waals surface area contributed by atoms with Crippen LogP contribution < -0.4 is 5.23 Å². The maximum absolute atomic E-state index is 11.6. The fraction of sp³-hybridized carbons (Fsp3) is 0.391. The number of aromatic nitrogens is 1. The molecule has 4 unspecified atom stereocenters. The predicted molar refractivity (Wildman–Crippen MR) is 111 cm³/mol. The highest BCUT2D eigenvalue weighted by atomic mass is 16.8. The van der Waals surface area contributed by atoms with Crippen LogP contribution >= 0.6 is 0 Å². The van der Waals surface area contributed by atoms with Crippen molar-refractivity contribution in [3.05, 3.63) is 70.6 Å². The third kappa shape index (κ3) is 2.61. The van der Waals surface area contributed by atoms with Crippen molar-refractivity contribution < 1.29 is 10.4 Å². The lowest BCUT2D eigenvalue weighted by Crippen LogP contribution is -2.99. The largest absolute Gasteiger partial charge is 0.595 e. The fourth-order valence-corrected chi connectivity index (χ4v) is 6.00. The SMILES string of the molecule is [O-][NH+](O)c1cccc(C2N3CCCCC3C3c4[nH]c5ccccc5c4CCN32)c1. The summed E-state index contributed by atoms with van der Waals surface area (Å²) in [5.74, 6) is 0. The normalized spacial score (nSPS) is 28.1. The molecule has 29 heavy (non-hydrogen) atoms. The average molecular weight is 390 g/mol. The highest BCUT2D eigenvalue weighted by molar-refractivity contribution is 5.85. The molecule has 0 amide bonds. The molecule has 0 saturated carbocycles. The van der Waals surface area contributed by atoms with Gasteiger partial charge in [-0.15, -0.1) is 0 Å². The Kier molecular flexibility index (Phi) is 4.04. The van der Waals surface area contributed by atoms with E-state index in [9.17, 15) is 10.4 Å². The van der Waals surface area contributed by atoms with Gasteiger partial charge in [-0.1, -0.05) is 36.8 Å². The Hall–Kier alpha value is -2.22. The van der Waals surface area contributed by atoms with E-state index in [0.29, 0.717) is 17.8 Å². The lowest BCUT2D eigenvalue weighted by molar-refractivity contribution is -0.991. The molecular formula is C23H26N4O2. The number of hydrogen-bond acceptors (Lipinski definition) is 4. The van der Waals surface area contributed by atoms with Crippen LogP contribution in [-0.4, -0.2) is 39.1 Å². The van der Waals surface area contributed by atoms with E-state index in [1.54, 1.807) is 6.07 Å². The smallest absolute Gasteiger partial charge is 0.164 e. The first-order valence-corrected chi connectivity index (χ1v) is 10.7. The molecule has 3 N–H and O–H groups in total. The van der Waals surface area contributed by atoms with Gasteiger partial charge in [0.25, 0.3) is 0 Å². The molecule has 1 aromatic heterocycles. The molecule has 6 rings (SSSR count). The molecule has 4 atom stereocenters. The van der Waals surface area contributed by atoms with Crippen molar-refractivity contribution in [3.8, 4) is 0 Å². The van der Waals surface area contributed by atoms with Gasteiger partial charge in [-0.3, -0.25) is 9.80 Å². The van der Waals surface area contributed by atoms with E-state index in [0.717, 1.165) is 25.1 Å². The van der Waals surface area contributed by atoms with E-state index < -0.39 is 5.23 Å². The van der Waals surface area contributed by atoms with Gasteiger partial charge in [0, 0.05) is 47.9 Å². The minimum atomic E-state index is -0.854. The van der Waals surface area contributed by atoms with Crippen LogP contribution in [-0.2, 0) is 6.42 Å². The molecule has 3 aliphatic rings. The van der Waals surface area contributed by atoms with Gasteiger partial charge in [-0.25, -0.2) is 5.21 Å². The number of hydrogen-bond donors (Lipinski definition) is 3. The zero-order valence-electron chi connectivity index (χ0n) is 16.3. The third-order valence-corrected chi connectivity index (χ3v) is 7.14. The number of rotatable bonds is 2. The summed E-state index contributed by atoms with van der Waals surface area (Å²) in [4.78, 5) is 9.01. The lowest BCUT2D eigenvalue weighted by Gasteiger charge is -2.35. The summed E-state index contributed by atoms with van der Waals surface area (Å²) in [6.07, 6.45) is 4.87. The van der Waals surface area contributed by atoms with Crippen LogP contribution in [0.3, 0.4) is 0 Å². The van der Waals surface area contributed by atoms with Crippen molar-refractivity contribution in [2.24, 2.45) is 0 Å². The molecule has 2 fully saturated rings. The van der Waals surface area contributed by atoms with Crippen LogP contribution in [0.15, 0.2) is 48.5 Å². The van der Waals surface area contributed by atoms with Crippen molar-refractivity contribution in [1.82, 2.24) is 14.8 Å². The maximum atomic E-state index is 11.6. The molecule has 0 aliphatic carbocycles. The number of quaternary nitrogens is 1. The molecule has 150 valence electrons. The van der Waals surface area contributed by atoms with E-state index in [1.807, 2.05) is 12.1 Å². The number of aromatic amines is 1. The van der Waals surface area contributed by atoms with Crippen LogP contribution in [0.5, 0.6) is 0 Å². The molecule has 4 heterocycles. The van der Waals surface area contributed by atoms with E-state index in [1.165, 1.54) is 41.4 Å². The van der Waals surface area contributed by atoms with Crippen molar-refractivity contribution in [1.29, 1.82) is 0 Å². The Balaban J connectivity index is 1.48. The molecule has 0 radical (unpaired) electrons. The standard InChI is InChI=1S/C23H26N4O2/c28-27(29)16-7-5-6-15(14-16)23-25-12-4-3-10-20(25)22-21-18(11-13-26(22)23)17-8-1-2-9-19(17)24-21/h1-2,5-9,14,20,22-24,27-28H,3-4,10-13H2. The monoisotopic (exact) mass is 390 g/mol. The minimum Gasteiger partial charge on any atom is -0.595 e. The predicted octanol–water partition coefficient (Wildman–Crippen LogP) is 3.04. The quantitative estimate of drug-likeness (QED) is 0.589. The molecule has 0 spiro atoms. The minimum absolute atomic E-state index is 0.157. The number of H-pyrrole nitrogens is 1. The highest BCUT2D eigenvalue weighted by Gasteiger charge is 2.51. The Morgan fingerprint density at radius 3 is 2.83 bits per heavy atom. The van der Waals surface area contributed by atoms with Crippen LogP contribution in [0.4, 0.5) is 5.69 Å². The van der Waals surface area contributed by atoms with Gasteiger partial charge in [0.1, 0.15) is 0 Å². The van der Waals surface area contributed by atoms with Crippen molar-refractivity contribution in [3.63, 3.8) is 0 Å².